The van der Waals surface area contributed by atoms with E-state index < -0.39 is 0 Å². The molecule has 1 aromatic rings. The van der Waals surface area contributed by atoms with Crippen LogP contribution in [0.3, 0.4) is 0 Å². The van der Waals surface area contributed by atoms with Gasteiger partial charge in [-0.1, -0.05) is 79.7 Å². The van der Waals surface area contributed by atoms with Gasteiger partial charge in [-0.15, -0.1) is 0 Å². The maximum Gasteiger partial charge on any atom is 0.308 e. The highest BCUT2D eigenvalue weighted by Crippen LogP contribution is 2.11. The van der Waals surface area contributed by atoms with E-state index in [0.29, 0.717) is 43.4 Å². The third kappa shape index (κ3) is 25.4. The molecule has 0 aliphatic carbocycles. The Morgan fingerprint density at radius 2 is 1.39 bits per heavy atom. The number of hydrogen-bond donors (Lipinski definition) is 1. The lowest BCUT2D eigenvalue weighted by Gasteiger charge is -2.25. The monoisotopic (exact) mass is 578 g/mol. The van der Waals surface area contributed by atoms with Crippen molar-refractivity contribution in [1.29, 1.82) is 0 Å². The number of hydrogen-bond acceptors (Lipinski definition) is 7. The minimum absolute atomic E-state index is 0.0600. The first-order valence-corrected chi connectivity index (χ1v) is 15.4. The quantitative estimate of drug-likeness (QED) is 0.0917. The number of nitrogens with one attached hydrogen (secondary N) is 1. The van der Waals surface area contributed by atoms with Crippen LogP contribution in [-0.2, 0) is 36.9 Å². The molecule has 0 amide bonds. The molecule has 0 saturated heterocycles. The van der Waals surface area contributed by atoms with Crippen molar-refractivity contribution in [2.75, 3.05) is 19.7 Å². The van der Waals surface area contributed by atoms with Gasteiger partial charge in [-0.2, -0.15) is 0 Å². The average Bonchev–Trinajstić information content (AvgIpc) is 2.88. The molecule has 1 aromatic carbocycles. The van der Waals surface area contributed by atoms with E-state index in [-0.39, 0.29) is 23.9 Å². The van der Waals surface area contributed by atoms with E-state index in [4.69, 9.17) is 9.47 Å². The third-order valence-corrected chi connectivity index (χ3v) is 5.89. The first-order valence-electron chi connectivity index (χ1n) is 15.4. The average molecular weight is 579 g/mol. The van der Waals surface area contributed by atoms with Crippen molar-refractivity contribution in [1.82, 2.24) is 10.4 Å². The molecule has 0 bridgehead atoms. The summed E-state index contributed by atoms with van der Waals surface area (Å²) in [5.74, 6) is 1.74. The maximum absolute atomic E-state index is 11.3. The van der Waals surface area contributed by atoms with Gasteiger partial charge in [0, 0.05) is 24.9 Å². The molecule has 0 aromatic heterocycles. The fourth-order valence-electron chi connectivity index (χ4n) is 3.31. The number of rotatable bonds is 17. The number of ether oxygens (including phenoxy) is 2. The molecule has 0 heterocycles. The molecule has 238 valence electrons. The molecule has 1 rings (SSSR count). The fraction of sp³-hybridized carbons (Fsp3) is 0.735. The van der Waals surface area contributed by atoms with Crippen LogP contribution in [0, 0.1) is 23.7 Å². The van der Waals surface area contributed by atoms with Crippen LogP contribution in [0.25, 0.3) is 0 Å². The van der Waals surface area contributed by atoms with Gasteiger partial charge in [0.25, 0.3) is 0 Å². The van der Waals surface area contributed by atoms with Crippen LogP contribution < -0.4 is 5.43 Å². The van der Waals surface area contributed by atoms with Gasteiger partial charge in [0.2, 0.25) is 0 Å². The van der Waals surface area contributed by atoms with E-state index in [1.807, 2.05) is 72.5 Å². The largest absolute Gasteiger partial charge is 0.461 e. The Kier molecular flexibility index (Phi) is 24.5. The van der Waals surface area contributed by atoms with Crippen LogP contribution in [0.5, 0.6) is 0 Å². The lowest BCUT2D eigenvalue weighted by Crippen LogP contribution is -2.45. The zero-order chi connectivity index (χ0) is 32.0. The second-order valence-electron chi connectivity index (χ2n) is 12.5. The molecule has 0 fully saturated rings. The molecule has 0 unspecified atom stereocenters. The molecular weight excluding hydrogens is 516 g/mol. The first-order chi connectivity index (χ1) is 19.1. The molecule has 0 aliphatic heterocycles. The van der Waals surface area contributed by atoms with Crippen molar-refractivity contribution in [3.05, 3.63) is 35.4 Å². The number of aldehydes is 1. The number of nitrogens with zero attached hydrogens (tertiary/aromatic N) is 1. The van der Waals surface area contributed by atoms with E-state index >= 15 is 0 Å². The molecular formula is C34H62N2O5. The van der Waals surface area contributed by atoms with Crippen LogP contribution in [0.4, 0.5) is 0 Å². The highest BCUT2D eigenvalue weighted by molar-refractivity contribution is 5.80. The standard InChI is InChI=1S/C15H22O2.C10H22N2O2.C9H18O/c1-11(2)9-13-5-7-14(8-6-13)10-17-15(16)12(3)4;1-9(2)12(6-7-13)11-5-8-14-10(3)4;1-7(2)5-6-9(10)8(3)4/h5-8,11-12H,9-10H2,1-4H3;7,9-11H,5-6,8H2,1-4H3;7-8H,5-6H2,1-4H3. The Hall–Kier alpha value is -2.09. The number of carbonyl (C=O) groups excluding carboxylic acids is 3. The minimum atomic E-state index is -0.142. The topological polar surface area (TPSA) is 84.9 Å². The van der Waals surface area contributed by atoms with Gasteiger partial charge < -0.3 is 14.3 Å². The number of Topliss-reactive ketones (excluding diaryl/α,β-unsaturated/α-hetero) is 1. The third-order valence-electron chi connectivity index (χ3n) is 5.89. The summed E-state index contributed by atoms with van der Waals surface area (Å²) < 4.78 is 10.5. The van der Waals surface area contributed by atoms with Crippen molar-refractivity contribution in [2.45, 2.75) is 121 Å². The van der Waals surface area contributed by atoms with E-state index in [2.05, 4.69) is 45.3 Å². The summed E-state index contributed by atoms with van der Waals surface area (Å²) >= 11 is 0. The van der Waals surface area contributed by atoms with Crippen molar-refractivity contribution in [3.63, 3.8) is 0 Å². The Morgan fingerprint density at radius 3 is 1.80 bits per heavy atom. The number of ketones is 1. The van der Waals surface area contributed by atoms with Crippen molar-refractivity contribution in [3.8, 4) is 0 Å². The van der Waals surface area contributed by atoms with Crippen molar-refractivity contribution in [2.24, 2.45) is 23.7 Å². The molecule has 7 heteroatoms. The van der Waals surface area contributed by atoms with Gasteiger partial charge >= 0.3 is 5.97 Å². The molecule has 41 heavy (non-hydrogen) atoms. The summed E-state index contributed by atoms with van der Waals surface area (Å²) in [4.78, 5) is 32.7. The molecule has 7 nitrogen and oxygen atoms in total. The molecule has 0 radical (unpaired) electrons. The van der Waals surface area contributed by atoms with Gasteiger partial charge in [0.1, 0.15) is 18.7 Å². The Balaban J connectivity index is 0. The van der Waals surface area contributed by atoms with E-state index in [0.717, 1.165) is 37.7 Å². The van der Waals surface area contributed by atoms with Gasteiger partial charge in [0.05, 0.1) is 25.2 Å². The summed E-state index contributed by atoms with van der Waals surface area (Å²) in [6, 6.07) is 8.60. The van der Waals surface area contributed by atoms with E-state index in [9.17, 15) is 14.4 Å². The first kappa shape index (κ1) is 41.0. The van der Waals surface area contributed by atoms with Gasteiger partial charge in [-0.25, -0.2) is 5.01 Å². The SMILES string of the molecule is CC(C)CCC(=O)C(C)C.CC(C)Cc1ccc(COC(=O)C(C)C)cc1.CC(C)OCCNN(CC=O)C(C)C. The highest BCUT2D eigenvalue weighted by Gasteiger charge is 2.09. The van der Waals surface area contributed by atoms with Crippen molar-refractivity contribution >= 4 is 18.0 Å². The van der Waals surface area contributed by atoms with Gasteiger partial charge in [-0.3, -0.25) is 15.0 Å². The summed E-state index contributed by atoms with van der Waals surface area (Å²) in [6.45, 7) is 26.6. The number of carbonyl (C=O) groups is 3. The molecule has 0 aliphatic rings. The fourth-order valence-corrected chi connectivity index (χ4v) is 3.31. The van der Waals surface area contributed by atoms with Crippen LogP contribution in [-0.4, -0.2) is 54.9 Å². The molecule has 0 spiro atoms. The lowest BCUT2D eigenvalue weighted by molar-refractivity contribution is -0.148. The lowest BCUT2D eigenvalue weighted by atomic mass is 10.00. The number of esters is 1. The Bertz CT molecular complexity index is 802. The van der Waals surface area contributed by atoms with Crippen LogP contribution in [0.15, 0.2) is 24.3 Å². The second kappa shape index (κ2) is 24.5. The summed E-state index contributed by atoms with van der Waals surface area (Å²) in [7, 11) is 0. The highest BCUT2D eigenvalue weighted by atomic mass is 16.5. The van der Waals surface area contributed by atoms with E-state index in [1.165, 1.54) is 5.56 Å². The predicted molar refractivity (Wildman–Crippen MR) is 171 cm³/mol. The predicted octanol–water partition coefficient (Wildman–Crippen LogP) is 7.06. The summed E-state index contributed by atoms with van der Waals surface area (Å²) in [6.07, 6.45) is 4.05. The minimum Gasteiger partial charge on any atom is -0.461 e. The van der Waals surface area contributed by atoms with Crippen LogP contribution in [0.1, 0.15) is 107 Å². The molecule has 0 saturated carbocycles. The second-order valence-corrected chi connectivity index (χ2v) is 12.5. The van der Waals surface area contributed by atoms with Crippen molar-refractivity contribution < 1.29 is 23.9 Å². The zero-order valence-electron chi connectivity index (χ0n) is 28.3. The number of benzene rings is 1. The van der Waals surface area contributed by atoms with Crippen LogP contribution in [0.2, 0.25) is 0 Å². The number of hydrazine groups is 1. The molecule has 1 N–H and O–H groups in total. The van der Waals surface area contributed by atoms with Crippen LogP contribution >= 0.6 is 0 Å². The summed E-state index contributed by atoms with van der Waals surface area (Å²) in [5.41, 5.74) is 5.53. The Labute approximate surface area is 252 Å². The molecule has 0 atom stereocenters. The Morgan fingerprint density at radius 1 is 0.829 bits per heavy atom. The summed E-state index contributed by atoms with van der Waals surface area (Å²) in [5, 5.41) is 1.90. The normalized spacial score (nSPS) is 11.2. The smallest absolute Gasteiger partial charge is 0.308 e. The van der Waals surface area contributed by atoms with Gasteiger partial charge in [-0.05, 0) is 63.5 Å². The maximum atomic E-state index is 11.3. The zero-order valence-corrected chi connectivity index (χ0v) is 28.3. The van der Waals surface area contributed by atoms with E-state index in [1.54, 1.807) is 0 Å². The van der Waals surface area contributed by atoms with Gasteiger partial charge in [0.15, 0.2) is 0 Å².